The third-order valence-corrected chi connectivity index (χ3v) is 3.81. The van der Waals surface area contributed by atoms with Gasteiger partial charge in [-0.15, -0.1) is 0 Å². The first-order valence-electron chi connectivity index (χ1n) is 7.05. The molecule has 0 radical (unpaired) electrons. The Labute approximate surface area is 124 Å². The molecule has 1 aromatic carbocycles. The van der Waals surface area contributed by atoms with Crippen LogP contribution in [0.1, 0.15) is 17.2 Å². The highest BCUT2D eigenvalue weighted by Crippen LogP contribution is 2.29. The van der Waals surface area contributed by atoms with Crippen molar-refractivity contribution in [1.29, 1.82) is 0 Å². The fourth-order valence-corrected chi connectivity index (χ4v) is 2.69. The SMILES string of the molecule is CN(Cc1ccncc1)C(CN)c1coc2ccccc12. The minimum absolute atomic E-state index is 0.127. The molecule has 4 nitrogen and oxygen atoms in total. The van der Waals surface area contributed by atoms with Crippen LogP contribution in [0.25, 0.3) is 11.0 Å². The molecule has 1 unspecified atom stereocenters. The van der Waals surface area contributed by atoms with Gasteiger partial charge in [0.15, 0.2) is 0 Å². The third kappa shape index (κ3) is 2.82. The zero-order valence-electron chi connectivity index (χ0n) is 12.1. The first kappa shape index (κ1) is 13.8. The fraction of sp³-hybridized carbons (Fsp3) is 0.235. The summed E-state index contributed by atoms with van der Waals surface area (Å²) in [5.41, 5.74) is 9.28. The number of hydrogen-bond acceptors (Lipinski definition) is 4. The van der Waals surface area contributed by atoms with Gasteiger partial charge >= 0.3 is 0 Å². The van der Waals surface area contributed by atoms with E-state index in [2.05, 4.69) is 23.0 Å². The van der Waals surface area contributed by atoms with E-state index in [0.29, 0.717) is 6.54 Å². The van der Waals surface area contributed by atoms with Crippen molar-refractivity contribution in [3.8, 4) is 0 Å². The molecule has 0 aliphatic rings. The van der Waals surface area contributed by atoms with Gasteiger partial charge in [-0.05, 0) is 30.8 Å². The van der Waals surface area contributed by atoms with Crippen LogP contribution in [0.4, 0.5) is 0 Å². The second-order valence-electron chi connectivity index (χ2n) is 5.21. The molecular formula is C17H19N3O. The Hall–Kier alpha value is -2.17. The van der Waals surface area contributed by atoms with Crippen LogP contribution in [0.2, 0.25) is 0 Å². The number of furan rings is 1. The molecule has 0 aliphatic heterocycles. The van der Waals surface area contributed by atoms with Crippen LogP contribution in [0.15, 0.2) is 59.5 Å². The minimum atomic E-state index is 0.127. The quantitative estimate of drug-likeness (QED) is 0.781. The zero-order valence-corrected chi connectivity index (χ0v) is 12.1. The molecule has 0 aliphatic carbocycles. The first-order chi connectivity index (χ1) is 10.3. The molecule has 3 aromatic rings. The largest absolute Gasteiger partial charge is 0.464 e. The van der Waals surface area contributed by atoms with Crippen molar-refractivity contribution in [2.45, 2.75) is 12.6 Å². The van der Waals surface area contributed by atoms with E-state index < -0.39 is 0 Å². The summed E-state index contributed by atoms with van der Waals surface area (Å²) in [6, 6.07) is 12.2. The molecular weight excluding hydrogens is 262 g/mol. The number of pyridine rings is 1. The molecule has 2 heterocycles. The molecule has 3 rings (SSSR count). The van der Waals surface area contributed by atoms with Crippen LogP contribution in [-0.4, -0.2) is 23.5 Å². The van der Waals surface area contributed by atoms with Crippen LogP contribution in [0.3, 0.4) is 0 Å². The summed E-state index contributed by atoms with van der Waals surface area (Å²) in [6.07, 6.45) is 5.45. The van der Waals surface area contributed by atoms with Gasteiger partial charge in [0.1, 0.15) is 5.58 Å². The van der Waals surface area contributed by atoms with Gasteiger partial charge in [-0.1, -0.05) is 18.2 Å². The van der Waals surface area contributed by atoms with Crippen LogP contribution in [0, 0.1) is 0 Å². The highest BCUT2D eigenvalue weighted by molar-refractivity contribution is 5.81. The molecule has 0 saturated heterocycles. The number of benzene rings is 1. The summed E-state index contributed by atoms with van der Waals surface area (Å²) < 4.78 is 5.64. The van der Waals surface area contributed by atoms with Gasteiger partial charge in [-0.2, -0.15) is 0 Å². The second-order valence-corrected chi connectivity index (χ2v) is 5.21. The summed E-state index contributed by atoms with van der Waals surface area (Å²) in [6.45, 7) is 1.37. The van der Waals surface area contributed by atoms with E-state index in [9.17, 15) is 0 Å². The maximum atomic E-state index is 6.01. The van der Waals surface area contributed by atoms with Crippen molar-refractivity contribution < 1.29 is 4.42 Å². The lowest BCUT2D eigenvalue weighted by Gasteiger charge is -2.26. The lowest BCUT2D eigenvalue weighted by Crippen LogP contribution is -2.30. The molecule has 0 saturated carbocycles. The first-order valence-corrected chi connectivity index (χ1v) is 7.05. The average molecular weight is 281 g/mol. The molecule has 0 amide bonds. The number of hydrogen-bond donors (Lipinski definition) is 1. The summed E-state index contributed by atoms with van der Waals surface area (Å²) in [5.74, 6) is 0. The molecule has 2 N–H and O–H groups in total. The Balaban J connectivity index is 1.87. The smallest absolute Gasteiger partial charge is 0.134 e. The number of fused-ring (bicyclic) bond motifs is 1. The normalized spacial score (nSPS) is 12.9. The molecule has 0 fully saturated rings. The van der Waals surface area contributed by atoms with Crippen molar-refractivity contribution in [3.63, 3.8) is 0 Å². The number of rotatable bonds is 5. The zero-order chi connectivity index (χ0) is 14.7. The lowest BCUT2D eigenvalue weighted by atomic mass is 10.0. The number of para-hydroxylation sites is 1. The highest BCUT2D eigenvalue weighted by atomic mass is 16.3. The van der Waals surface area contributed by atoms with Gasteiger partial charge in [-0.25, -0.2) is 0 Å². The molecule has 2 aromatic heterocycles. The maximum Gasteiger partial charge on any atom is 0.134 e. The van der Waals surface area contributed by atoms with E-state index in [1.54, 1.807) is 0 Å². The standard InChI is InChI=1S/C17H19N3O/c1-20(11-13-6-8-19-9-7-13)16(10-18)15-12-21-17-5-3-2-4-14(15)17/h2-9,12,16H,10-11,18H2,1H3. The van der Waals surface area contributed by atoms with Crippen molar-refractivity contribution in [1.82, 2.24) is 9.88 Å². The van der Waals surface area contributed by atoms with E-state index in [4.69, 9.17) is 10.2 Å². The Morgan fingerprint density at radius 1 is 1.19 bits per heavy atom. The average Bonchev–Trinajstić information content (AvgIpc) is 2.93. The predicted molar refractivity (Wildman–Crippen MR) is 83.7 cm³/mol. The fourth-order valence-electron chi connectivity index (χ4n) is 2.69. The Morgan fingerprint density at radius 3 is 2.71 bits per heavy atom. The summed E-state index contributed by atoms with van der Waals surface area (Å²) in [5, 5.41) is 1.13. The monoisotopic (exact) mass is 281 g/mol. The lowest BCUT2D eigenvalue weighted by molar-refractivity contribution is 0.242. The summed E-state index contributed by atoms with van der Waals surface area (Å²) >= 11 is 0. The van der Waals surface area contributed by atoms with E-state index in [-0.39, 0.29) is 6.04 Å². The number of nitrogens with two attached hydrogens (primary N) is 1. The topological polar surface area (TPSA) is 55.3 Å². The summed E-state index contributed by atoms with van der Waals surface area (Å²) in [7, 11) is 2.08. The molecule has 0 spiro atoms. The van der Waals surface area contributed by atoms with Crippen LogP contribution >= 0.6 is 0 Å². The predicted octanol–water partition coefficient (Wildman–Crippen LogP) is 2.96. The van der Waals surface area contributed by atoms with Crippen molar-refractivity contribution in [3.05, 3.63) is 66.2 Å². The molecule has 0 bridgehead atoms. The second kappa shape index (κ2) is 6.08. The van der Waals surface area contributed by atoms with E-state index in [1.807, 2.05) is 49.0 Å². The van der Waals surface area contributed by atoms with Gasteiger partial charge in [0.25, 0.3) is 0 Å². The van der Waals surface area contributed by atoms with Gasteiger partial charge in [-0.3, -0.25) is 9.88 Å². The van der Waals surface area contributed by atoms with E-state index in [1.165, 1.54) is 5.56 Å². The maximum absolute atomic E-state index is 6.01. The Morgan fingerprint density at radius 2 is 1.95 bits per heavy atom. The van der Waals surface area contributed by atoms with Crippen LogP contribution < -0.4 is 5.73 Å². The molecule has 21 heavy (non-hydrogen) atoms. The number of nitrogens with zero attached hydrogens (tertiary/aromatic N) is 2. The highest BCUT2D eigenvalue weighted by Gasteiger charge is 2.20. The van der Waals surface area contributed by atoms with E-state index in [0.717, 1.165) is 23.1 Å². The summed E-state index contributed by atoms with van der Waals surface area (Å²) in [4.78, 5) is 6.29. The van der Waals surface area contributed by atoms with Gasteiger partial charge < -0.3 is 10.2 Å². The Kier molecular flexibility index (Phi) is 3.99. The van der Waals surface area contributed by atoms with Crippen molar-refractivity contribution in [2.75, 3.05) is 13.6 Å². The molecule has 108 valence electrons. The van der Waals surface area contributed by atoms with Gasteiger partial charge in [0.2, 0.25) is 0 Å². The van der Waals surface area contributed by atoms with Crippen LogP contribution in [-0.2, 0) is 6.54 Å². The number of aromatic nitrogens is 1. The van der Waals surface area contributed by atoms with Gasteiger partial charge in [0, 0.05) is 36.4 Å². The van der Waals surface area contributed by atoms with Gasteiger partial charge in [0.05, 0.1) is 12.3 Å². The van der Waals surface area contributed by atoms with Crippen molar-refractivity contribution in [2.24, 2.45) is 5.73 Å². The van der Waals surface area contributed by atoms with Crippen LogP contribution in [0.5, 0.6) is 0 Å². The van der Waals surface area contributed by atoms with Crippen molar-refractivity contribution >= 4 is 11.0 Å². The molecule has 4 heteroatoms. The third-order valence-electron chi connectivity index (χ3n) is 3.81. The van der Waals surface area contributed by atoms with E-state index >= 15 is 0 Å². The number of likely N-dealkylation sites (N-methyl/N-ethyl adjacent to an activating group) is 1. The molecule has 1 atom stereocenters. The minimum Gasteiger partial charge on any atom is -0.464 e. The Bertz CT molecular complexity index is 708.